The van der Waals surface area contributed by atoms with Crippen molar-refractivity contribution in [1.29, 1.82) is 0 Å². The molecule has 0 spiro atoms. The van der Waals surface area contributed by atoms with Gasteiger partial charge in [-0.1, -0.05) is 30.3 Å². The molecule has 0 radical (unpaired) electrons. The average molecular weight is 389 g/mol. The van der Waals surface area contributed by atoms with E-state index in [4.69, 9.17) is 4.74 Å². The molecule has 0 unspecified atom stereocenters. The Kier molecular flexibility index (Phi) is 6.16. The summed E-state index contributed by atoms with van der Waals surface area (Å²) < 4.78 is 6.88. The molecule has 4 heteroatoms. The number of ether oxygens (including phenoxy) is 1. The second-order valence-electron chi connectivity index (χ2n) is 6.22. The molecule has 0 amide bonds. The molecule has 0 bridgehead atoms. The normalized spacial score (nSPS) is 16.1. The van der Waals surface area contributed by atoms with Crippen molar-refractivity contribution in [2.75, 3.05) is 25.0 Å². The lowest BCUT2D eigenvalue weighted by Gasteiger charge is -2.33. The topological polar surface area (TPSA) is 24.5 Å². The highest BCUT2D eigenvalue weighted by atomic mass is 79.9. The zero-order valence-corrected chi connectivity index (χ0v) is 15.8. The third kappa shape index (κ3) is 4.52. The first-order valence-electron chi connectivity index (χ1n) is 8.70. The molecule has 128 valence electrons. The van der Waals surface area contributed by atoms with Crippen molar-refractivity contribution in [1.82, 2.24) is 4.90 Å². The fourth-order valence-electron chi connectivity index (χ4n) is 3.21. The van der Waals surface area contributed by atoms with Crippen molar-refractivity contribution < 1.29 is 4.74 Å². The Labute approximate surface area is 153 Å². The fourth-order valence-corrected chi connectivity index (χ4v) is 3.60. The van der Waals surface area contributed by atoms with Crippen LogP contribution in [0, 0.1) is 0 Å². The van der Waals surface area contributed by atoms with Gasteiger partial charge in [0.1, 0.15) is 5.75 Å². The van der Waals surface area contributed by atoms with E-state index in [2.05, 4.69) is 62.5 Å². The number of benzene rings is 2. The summed E-state index contributed by atoms with van der Waals surface area (Å²) in [7, 11) is 0. The molecule has 1 fully saturated rings. The monoisotopic (exact) mass is 388 g/mol. The quantitative estimate of drug-likeness (QED) is 0.759. The molecule has 0 saturated carbocycles. The van der Waals surface area contributed by atoms with Crippen LogP contribution in [0.4, 0.5) is 5.69 Å². The summed E-state index contributed by atoms with van der Waals surface area (Å²) in [5.74, 6) is 1.02. The van der Waals surface area contributed by atoms with Gasteiger partial charge in [-0.3, -0.25) is 4.90 Å². The van der Waals surface area contributed by atoms with Gasteiger partial charge in [0, 0.05) is 41.4 Å². The number of para-hydroxylation sites is 2. The van der Waals surface area contributed by atoms with E-state index < -0.39 is 0 Å². The number of hydrogen-bond donors (Lipinski definition) is 1. The summed E-state index contributed by atoms with van der Waals surface area (Å²) in [6.45, 7) is 5.95. The van der Waals surface area contributed by atoms with E-state index in [0.717, 1.165) is 49.3 Å². The molecule has 1 N–H and O–H groups in total. The smallest absolute Gasteiger partial charge is 0.123 e. The van der Waals surface area contributed by atoms with Crippen LogP contribution in [0.2, 0.25) is 0 Å². The molecular formula is C20H25BrN2O. The van der Waals surface area contributed by atoms with Crippen LogP contribution in [0.3, 0.4) is 0 Å². The van der Waals surface area contributed by atoms with Crippen LogP contribution >= 0.6 is 15.9 Å². The largest absolute Gasteiger partial charge is 0.494 e. The zero-order valence-electron chi connectivity index (χ0n) is 14.2. The van der Waals surface area contributed by atoms with Gasteiger partial charge in [-0.05, 0) is 53.9 Å². The molecule has 2 aromatic carbocycles. The van der Waals surface area contributed by atoms with Crippen molar-refractivity contribution in [2.45, 2.75) is 32.4 Å². The highest BCUT2D eigenvalue weighted by Gasteiger charge is 2.20. The highest BCUT2D eigenvalue weighted by molar-refractivity contribution is 9.10. The number of piperidine rings is 1. The predicted molar refractivity (Wildman–Crippen MR) is 104 cm³/mol. The summed E-state index contributed by atoms with van der Waals surface area (Å²) in [5, 5.41) is 3.67. The number of hydrogen-bond acceptors (Lipinski definition) is 3. The van der Waals surface area contributed by atoms with Crippen LogP contribution in [0.5, 0.6) is 5.75 Å². The molecule has 1 aliphatic heterocycles. The number of halogens is 1. The molecule has 0 aromatic heterocycles. The van der Waals surface area contributed by atoms with E-state index in [0.29, 0.717) is 6.04 Å². The number of rotatable bonds is 6. The summed E-state index contributed by atoms with van der Waals surface area (Å²) in [4.78, 5) is 2.52. The zero-order chi connectivity index (χ0) is 16.8. The van der Waals surface area contributed by atoms with Gasteiger partial charge in [0.2, 0.25) is 0 Å². The Morgan fingerprint density at radius 1 is 1.08 bits per heavy atom. The highest BCUT2D eigenvalue weighted by Crippen LogP contribution is 2.26. The second kappa shape index (κ2) is 8.54. The Hall–Kier alpha value is -1.52. The SMILES string of the molecule is CCOc1ccccc1CN1CCC(Nc2ccccc2Br)CC1. The van der Waals surface area contributed by atoms with Crippen LogP contribution in [0.25, 0.3) is 0 Å². The van der Waals surface area contributed by atoms with Gasteiger partial charge in [0.15, 0.2) is 0 Å². The summed E-state index contributed by atoms with van der Waals surface area (Å²) in [6, 6.07) is 17.3. The van der Waals surface area contributed by atoms with Gasteiger partial charge in [0.05, 0.1) is 6.61 Å². The fraction of sp³-hybridized carbons (Fsp3) is 0.400. The summed E-state index contributed by atoms with van der Waals surface area (Å²) >= 11 is 3.62. The molecule has 1 heterocycles. The first-order valence-corrected chi connectivity index (χ1v) is 9.49. The molecule has 1 saturated heterocycles. The van der Waals surface area contributed by atoms with Gasteiger partial charge < -0.3 is 10.1 Å². The molecular weight excluding hydrogens is 364 g/mol. The van der Waals surface area contributed by atoms with E-state index in [-0.39, 0.29) is 0 Å². The van der Waals surface area contributed by atoms with Crippen molar-refractivity contribution >= 4 is 21.6 Å². The number of anilines is 1. The third-order valence-electron chi connectivity index (χ3n) is 4.49. The maximum absolute atomic E-state index is 5.75. The van der Waals surface area contributed by atoms with Crippen molar-refractivity contribution in [3.63, 3.8) is 0 Å². The van der Waals surface area contributed by atoms with Gasteiger partial charge in [-0.2, -0.15) is 0 Å². The van der Waals surface area contributed by atoms with Gasteiger partial charge in [-0.15, -0.1) is 0 Å². The maximum atomic E-state index is 5.75. The molecule has 3 nitrogen and oxygen atoms in total. The Balaban J connectivity index is 1.53. The van der Waals surface area contributed by atoms with Gasteiger partial charge >= 0.3 is 0 Å². The number of nitrogens with one attached hydrogen (secondary N) is 1. The lowest BCUT2D eigenvalue weighted by Crippen LogP contribution is -2.38. The van der Waals surface area contributed by atoms with Crippen LogP contribution in [-0.4, -0.2) is 30.6 Å². The first-order chi connectivity index (χ1) is 11.8. The Bertz CT molecular complexity index is 654. The van der Waals surface area contributed by atoms with E-state index in [1.807, 2.05) is 19.1 Å². The molecule has 3 rings (SSSR count). The lowest BCUT2D eigenvalue weighted by molar-refractivity contribution is 0.207. The van der Waals surface area contributed by atoms with E-state index in [1.54, 1.807) is 0 Å². The second-order valence-corrected chi connectivity index (χ2v) is 7.07. The van der Waals surface area contributed by atoms with Crippen molar-refractivity contribution in [2.24, 2.45) is 0 Å². The van der Waals surface area contributed by atoms with Crippen LogP contribution in [0.1, 0.15) is 25.3 Å². The number of nitrogens with zero attached hydrogens (tertiary/aromatic N) is 1. The van der Waals surface area contributed by atoms with E-state index in [9.17, 15) is 0 Å². The molecule has 0 atom stereocenters. The van der Waals surface area contributed by atoms with E-state index >= 15 is 0 Å². The molecule has 0 aliphatic carbocycles. The maximum Gasteiger partial charge on any atom is 0.123 e. The van der Waals surface area contributed by atoms with Crippen LogP contribution in [0.15, 0.2) is 53.0 Å². The molecule has 2 aromatic rings. The predicted octanol–water partition coefficient (Wildman–Crippen LogP) is 4.92. The minimum atomic E-state index is 0.544. The standard InChI is InChI=1S/C20H25BrN2O/c1-2-24-20-10-6-3-7-16(20)15-23-13-11-17(12-14-23)22-19-9-5-4-8-18(19)21/h3-10,17,22H,2,11-15H2,1H3. The minimum absolute atomic E-state index is 0.544. The molecule has 1 aliphatic rings. The Morgan fingerprint density at radius 2 is 1.79 bits per heavy atom. The van der Waals surface area contributed by atoms with Crippen LogP contribution < -0.4 is 10.1 Å². The van der Waals surface area contributed by atoms with Crippen molar-refractivity contribution in [3.05, 3.63) is 58.6 Å². The lowest BCUT2D eigenvalue weighted by atomic mass is 10.0. The number of likely N-dealkylation sites (tertiary alicyclic amines) is 1. The van der Waals surface area contributed by atoms with E-state index in [1.165, 1.54) is 11.3 Å². The Morgan fingerprint density at radius 3 is 2.54 bits per heavy atom. The van der Waals surface area contributed by atoms with Gasteiger partial charge in [0.25, 0.3) is 0 Å². The minimum Gasteiger partial charge on any atom is -0.494 e. The molecule has 24 heavy (non-hydrogen) atoms. The summed E-state index contributed by atoms with van der Waals surface area (Å²) in [5.41, 5.74) is 2.48. The summed E-state index contributed by atoms with van der Waals surface area (Å²) in [6.07, 6.45) is 2.33. The van der Waals surface area contributed by atoms with Crippen LogP contribution in [-0.2, 0) is 6.54 Å². The average Bonchev–Trinajstić information content (AvgIpc) is 2.61. The van der Waals surface area contributed by atoms with Crippen molar-refractivity contribution in [3.8, 4) is 5.75 Å². The third-order valence-corrected chi connectivity index (χ3v) is 5.18. The first kappa shape index (κ1) is 17.3. The van der Waals surface area contributed by atoms with Gasteiger partial charge in [-0.25, -0.2) is 0 Å².